The molecule has 1 rings (SSSR count). The van der Waals surface area contributed by atoms with E-state index in [4.69, 9.17) is 0 Å². The Kier molecular flexibility index (Phi) is 5.46. The molecule has 0 spiro atoms. The van der Waals surface area contributed by atoms with Crippen molar-refractivity contribution in [1.82, 2.24) is 4.57 Å². The Morgan fingerprint density at radius 3 is 2.53 bits per heavy atom. The molecular formula is C13H19NO3. The lowest BCUT2D eigenvalue weighted by molar-refractivity contribution is -0.140. The van der Waals surface area contributed by atoms with E-state index in [-0.39, 0.29) is 11.8 Å². The monoisotopic (exact) mass is 237 g/mol. The summed E-state index contributed by atoms with van der Waals surface area (Å²) in [4.78, 5) is 22.6. The average molecular weight is 237 g/mol. The Morgan fingerprint density at radius 1 is 1.24 bits per heavy atom. The normalized spacial score (nSPS) is 10.2. The van der Waals surface area contributed by atoms with Gasteiger partial charge in [-0.2, -0.15) is 0 Å². The van der Waals surface area contributed by atoms with Crippen LogP contribution in [0.4, 0.5) is 0 Å². The van der Waals surface area contributed by atoms with Crippen molar-refractivity contribution in [2.45, 2.75) is 32.1 Å². The Hall–Kier alpha value is -1.58. The van der Waals surface area contributed by atoms with Gasteiger partial charge in [0.15, 0.2) is 5.78 Å². The first-order valence-corrected chi connectivity index (χ1v) is 5.86. The maximum absolute atomic E-state index is 11.8. The van der Waals surface area contributed by atoms with E-state index in [1.165, 1.54) is 7.11 Å². The predicted octanol–water partition coefficient (Wildman–Crippen LogP) is 2.33. The largest absolute Gasteiger partial charge is 0.469 e. The number of carbonyl (C=O) groups is 2. The van der Waals surface area contributed by atoms with Gasteiger partial charge in [0.1, 0.15) is 0 Å². The molecule has 0 N–H and O–H groups in total. The molecule has 0 atom stereocenters. The number of ketones is 1. The van der Waals surface area contributed by atoms with Crippen molar-refractivity contribution in [2.24, 2.45) is 7.05 Å². The van der Waals surface area contributed by atoms with Crippen molar-refractivity contribution in [1.29, 1.82) is 0 Å². The highest BCUT2D eigenvalue weighted by Crippen LogP contribution is 2.09. The van der Waals surface area contributed by atoms with Crippen molar-refractivity contribution in [2.75, 3.05) is 7.11 Å². The van der Waals surface area contributed by atoms with Gasteiger partial charge in [-0.05, 0) is 25.0 Å². The van der Waals surface area contributed by atoms with Gasteiger partial charge in [0, 0.05) is 26.1 Å². The summed E-state index contributed by atoms with van der Waals surface area (Å²) in [5.41, 5.74) is 0.748. The topological polar surface area (TPSA) is 48.3 Å². The van der Waals surface area contributed by atoms with Gasteiger partial charge in [0.25, 0.3) is 0 Å². The van der Waals surface area contributed by atoms with E-state index in [9.17, 15) is 9.59 Å². The number of carbonyl (C=O) groups excluding carboxylic acids is 2. The van der Waals surface area contributed by atoms with E-state index >= 15 is 0 Å². The molecule has 0 amide bonds. The molecule has 94 valence electrons. The standard InChI is InChI=1S/C13H19NO3/c1-14-10-6-7-11(14)12(15)8-4-3-5-9-13(16)17-2/h6-7,10H,3-5,8-9H2,1-2H3. The lowest BCUT2D eigenvalue weighted by Gasteiger charge is -2.02. The molecule has 0 unspecified atom stereocenters. The summed E-state index contributed by atoms with van der Waals surface area (Å²) in [6.45, 7) is 0. The van der Waals surface area contributed by atoms with Crippen LogP contribution in [0.1, 0.15) is 42.6 Å². The zero-order valence-corrected chi connectivity index (χ0v) is 10.4. The van der Waals surface area contributed by atoms with E-state index in [2.05, 4.69) is 4.74 Å². The molecule has 0 fully saturated rings. The number of esters is 1. The summed E-state index contributed by atoms with van der Waals surface area (Å²) >= 11 is 0. The molecule has 4 nitrogen and oxygen atoms in total. The minimum atomic E-state index is -0.182. The van der Waals surface area contributed by atoms with Crippen LogP contribution in [-0.2, 0) is 16.6 Å². The van der Waals surface area contributed by atoms with Gasteiger partial charge in [0.05, 0.1) is 12.8 Å². The maximum Gasteiger partial charge on any atom is 0.305 e. The second-order valence-corrected chi connectivity index (χ2v) is 4.06. The third kappa shape index (κ3) is 4.43. The summed E-state index contributed by atoms with van der Waals surface area (Å²) in [6.07, 6.45) is 5.33. The van der Waals surface area contributed by atoms with Crippen LogP contribution >= 0.6 is 0 Å². The maximum atomic E-state index is 11.8. The molecule has 0 saturated carbocycles. The second kappa shape index (κ2) is 6.89. The number of Topliss-reactive ketones (excluding diaryl/α,β-unsaturated/α-hetero) is 1. The number of aryl methyl sites for hydroxylation is 1. The zero-order chi connectivity index (χ0) is 12.7. The van der Waals surface area contributed by atoms with Crippen LogP contribution in [0.5, 0.6) is 0 Å². The fourth-order valence-electron chi connectivity index (χ4n) is 1.71. The van der Waals surface area contributed by atoms with Crippen LogP contribution in [0.15, 0.2) is 18.3 Å². The number of hydrogen-bond acceptors (Lipinski definition) is 3. The smallest absolute Gasteiger partial charge is 0.305 e. The Labute approximate surface area is 102 Å². The van der Waals surface area contributed by atoms with Crippen LogP contribution in [0.3, 0.4) is 0 Å². The highest BCUT2D eigenvalue weighted by Gasteiger charge is 2.08. The van der Waals surface area contributed by atoms with Gasteiger partial charge >= 0.3 is 5.97 Å². The number of aromatic nitrogens is 1. The zero-order valence-electron chi connectivity index (χ0n) is 10.4. The van der Waals surface area contributed by atoms with Gasteiger partial charge in [-0.1, -0.05) is 6.42 Å². The molecule has 1 aromatic heterocycles. The molecule has 0 aliphatic heterocycles. The Morgan fingerprint density at radius 2 is 1.94 bits per heavy atom. The summed E-state index contributed by atoms with van der Waals surface area (Å²) < 4.78 is 6.37. The lowest BCUT2D eigenvalue weighted by atomic mass is 10.1. The molecule has 0 aromatic carbocycles. The van der Waals surface area contributed by atoms with Crippen LogP contribution in [0.2, 0.25) is 0 Å². The summed E-state index contributed by atoms with van der Waals surface area (Å²) in [5, 5.41) is 0. The Bertz CT molecular complexity index is 382. The third-order valence-electron chi connectivity index (χ3n) is 2.74. The number of rotatable bonds is 7. The van der Waals surface area contributed by atoms with Gasteiger partial charge in [-0.25, -0.2) is 0 Å². The summed E-state index contributed by atoms with van der Waals surface area (Å²) in [5.74, 6) is -0.0191. The first kappa shape index (κ1) is 13.5. The molecule has 1 heterocycles. The van der Waals surface area contributed by atoms with Crippen molar-refractivity contribution >= 4 is 11.8 Å². The number of nitrogens with zero attached hydrogens (tertiary/aromatic N) is 1. The fraction of sp³-hybridized carbons (Fsp3) is 0.538. The molecule has 0 aliphatic carbocycles. The molecule has 17 heavy (non-hydrogen) atoms. The molecular weight excluding hydrogens is 218 g/mol. The summed E-state index contributed by atoms with van der Waals surface area (Å²) in [6, 6.07) is 3.70. The van der Waals surface area contributed by atoms with E-state index in [1.54, 1.807) is 0 Å². The molecule has 4 heteroatoms. The number of hydrogen-bond donors (Lipinski definition) is 0. The number of unbranched alkanes of at least 4 members (excludes halogenated alkanes) is 2. The van der Waals surface area contributed by atoms with Crippen LogP contribution in [0, 0.1) is 0 Å². The number of methoxy groups -OCH3 is 1. The summed E-state index contributed by atoms with van der Waals surface area (Å²) in [7, 11) is 3.26. The van der Waals surface area contributed by atoms with Crippen LogP contribution in [-0.4, -0.2) is 23.4 Å². The van der Waals surface area contributed by atoms with Crippen molar-refractivity contribution in [3.05, 3.63) is 24.0 Å². The first-order chi connectivity index (χ1) is 8.15. The van der Waals surface area contributed by atoms with Gasteiger partial charge < -0.3 is 9.30 Å². The van der Waals surface area contributed by atoms with Crippen LogP contribution in [0.25, 0.3) is 0 Å². The van der Waals surface area contributed by atoms with E-state index in [0.717, 1.165) is 25.0 Å². The third-order valence-corrected chi connectivity index (χ3v) is 2.74. The quantitative estimate of drug-likeness (QED) is 0.415. The SMILES string of the molecule is COC(=O)CCCCCC(=O)c1cccn1C. The second-order valence-electron chi connectivity index (χ2n) is 4.06. The van der Waals surface area contributed by atoms with Gasteiger partial charge in [0.2, 0.25) is 0 Å². The highest BCUT2D eigenvalue weighted by atomic mass is 16.5. The van der Waals surface area contributed by atoms with Crippen molar-refractivity contribution in [3.8, 4) is 0 Å². The first-order valence-electron chi connectivity index (χ1n) is 5.86. The van der Waals surface area contributed by atoms with E-state index in [1.807, 2.05) is 29.9 Å². The lowest BCUT2D eigenvalue weighted by Crippen LogP contribution is -2.05. The number of ether oxygens (including phenoxy) is 1. The predicted molar refractivity (Wildman–Crippen MR) is 64.8 cm³/mol. The van der Waals surface area contributed by atoms with Crippen molar-refractivity contribution in [3.63, 3.8) is 0 Å². The van der Waals surface area contributed by atoms with Gasteiger partial charge in [-0.3, -0.25) is 9.59 Å². The minimum Gasteiger partial charge on any atom is -0.469 e. The molecule has 1 aromatic rings. The fourth-order valence-corrected chi connectivity index (χ4v) is 1.71. The highest BCUT2D eigenvalue weighted by molar-refractivity contribution is 5.94. The van der Waals surface area contributed by atoms with E-state index in [0.29, 0.717) is 12.8 Å². The average Bonchev–Trinajstić information content (AvgIpc) is 2.74. The van der Waals surface area contributed by atoms with E-state index < -0.39 is 0 Å². The Balaban J connectivity index is 2.17. The molecule has 0 radical (unpaired) electrons. The van der Waals surface area contributed by atoms with Crippen LogP contribution < -0.4 is 0 Å². The van der Waals surface area contributed by atoms with Gasteiger partial charge in [-0.15, -0.1) is 0 Å². The van der Waals surface area contributed by atoms with Crippen molar-refractivity contribution < 1.29 is 14.3 Å². The molecule has 0 bridgehead atoms. The molecule has 0 aliphatic rings. The molecule has 0 saturated heterocycles. The minimum absolute atomic E-state index is 0.163.